The van der Waals surface area contributed by atoms with E-state index in [0.717, 1.165) is 60.1 Å². The maximum atomic E-state index is 5.20. The molecule has 0 N–H and O–H groups in total. The van der Waals surface area contributed by atoms with Crippen molar-refractivity contribution in [3.8, 4) is 61.5 Å². The minimum Gasteiger partial charge on any atom is -0.278 e. The van der Waals surface area contributed by atoms with E-state index in [4.69, 9.17) is 19.9 Å². The molecule has 11 rings (SSSR count). The summed E-state index contributed by atoms with van der Waals surface area (Å²) < 4.78 is 3.43. The van der Waals surface area contributed by atoms with Gasteiger partial charge in [0.25, 0.3) is 0 Å². The molecule has 0 unspecified atom stereocenters. The minimum atomic E-state index is -0.200. The minimum absolute atomic E-state index is 0.200. The molecule has 0 bridgehead atoms. The van der Waals surface area contributed by atoms with Crippen LogP contribution < -0.4 is 0 Å². The van der Waals surface area contributed by atoms with E-state index in [-0.39, 0.29) is 5.41 Å². The van der Waals surface area contributed by atoms with Gasteiger partial charge in [0.2, 0.25) is 5.95 Å². The first kappa shape index (κ1) is 31.7. The molecule has 1 aliphatic rings. The first-order chi connectivity index (χ1) is 27.0. The Kier molecular flexibility index (Phi) is 7.00. The van der Waals surface area contributed by atoms with Crippen molar-refractivity contribution in [2.75, 3.05) is 0 Å². The fourth-order valence-electron chi connectivity index (χ4n) is 8.44. The van der Waals surface area contributed by atoms with Crippen LogP contribution in [0.15, 0.2) is 164 Å². The molecule has 5 nitrogen and oxygen atoms in total. The molecule has 7 aromatic carbocycles. The number of hydrogen-bond acceptors (Lipinski definition) is 5. The van der Waals surface area contributed by atoms with Gasteiger partial charge in [-0.2, -0.15) is 9.97 Å². The largest absolute Gasteiger partial charge is 0.278 e. The Hall–Kier alpha value is -6.76. The van der Waals surface area contributed by atoms with Gasteiger partial charge in [0.1, 0.15) is 5.01 Å². The quantitative estimate of drug-likeness (QED) is 0.177. The topological polar surface area (TPSA) is 56.5 Å². The van der Waals surface area contributed by atoms with Crippen molar-refractivity contribution in [1.29, 1.82) is 0 Å². The molecule has 260 valence electrons. The molecule has 3 aromatic heterocycles. The third-order valence-corrected chi connectivity index (χ3v) is 12.2. The SMILES string of the molecule is CC1(C)c2cc(-c3cccc(-c4nc(-c5ccccc5)nc(-n5c6ccccc6c6ccccc65)n4)c3)ccc2-c2ccc3nc(-c4ccccc4)sc3c21. The molecule has 0 atom stereocenters. The van der Waals surface area contributed by atoms with Crippen molar-refractivity contribution in [3.63, 3.8) is 0 Å². The molecule has 55 heavy (non-hydrogen) atoms. The van der Waals surface area contributed by atoms with Crippen LogP contribution in [0.3, 0.4) is 0 Å². The van der Waals surface area contributed by atoms with Crippen molar-refractivity contribution >= 4 is 43.4 Å². The van der Waals surface area contributed by atoms with Crippen LogP contribution in [0.5, 0.6) is 0 Å². The molecule has 0 aliphatic heterocycles. The first-order valence-electron chi connectivity index (χ1n) is 18.6. The molecule has 0 radical (unpaired) electrons. The third kappa shape index (κ3) is 4.99. The molecule has 0 saturated carbocycles. The molecular weight excluding hydrogens is 691 g/mol. The highest BCUT2D eigenvalue weighted by molar-refractivity contribution is 7.22. The van der Waals surface area contributed by atoms with Gasteiger partial charge < -0.3 is 0 Å². The first-order valence-corrected chi connectivity index (χ1v) is 19.4. The number of hydrogen-bond donors (Lipinski definition) is 0. The van der Waals surface area contributed by atoms with Crippen LogP contribution in [-0.2, 0) is 5.41 Å². The van der Waals surface area contributed by atoms with Crippen molar-refractivity contribution in [2.24, 2.45) is 0 Å². The molecule has 3 heterocycles. The standard InChI is InChI=1S/C49H33N5S/c1-49(2)39-29-33(24-25-35(39)38-26-27-40-44(43(38)49)55-47(50-40)31-16-7-4-8-17-31)32-18-13-19-34(28-32)46-51-45(30-14-5-3-6-15-30)52-48(53-46)54-41-22-11-9-20-36(41)37-21-10-12-23-42(37)54/h3-29H,1-2H3. The zero-order chi connectivity index (χ0) is 36.7. The van der Waals surface area contributed by atoms with Gasteiger partial charge in [-0.1, -0.05) is 147 Å². The number of benzene rings is 7. The van der Waals surface area contributed by atoms with E-state index >= 15 is 0 Å². The van der Waals surface area contributed by atoms with E-state index in [2.05, 4.69) is 164 Å². The Morgan fingerprint density at radius 1 is 0.473 bits per heavy atom. The number of para-hydroxylation sites is 2. The van der Waals surface area contributed by atoms with Crippen molar-refractivity contribution in [1.82, 2.24) is 24.5 Å². The van der Waals surface area contributed by atoms with E-state index in [9.17, 15) is 0 Å². The number of aromatic nitrogens is 5. The Morgan fingerprint density at radius 3 is 1.78 bits per heavy atom. The predicted molar refractivity (Wildman–Crippen MR) is 227 cm³/mol. The molecule has 0 amide bonds. The van der Waals surface area contributed by atoms with E-state index in [1.165, 1.54) is 27.0 Å². The second-order valence-electron chi connectivity index (χ2n) is 14.7. The Balaban J connectivity index is 1.03. The molecule has 1 aliphatic carbocycles. The second kappa shape index (κ2) is 12.1. The van der Waals surface area contributed by atoms with Crippen LogP contribution >= 0.6 is 11.3 Å². The molecule has 0 saturated heterocycles. The summed E-state index contributed by atoms with van der Waals surface area (Å²) in [4.78, 5) is 20.5. The van der Waals surface area contributed by atoms with Crippen molar-refractivity contribution in [3.05, 3.63) is 175 Å². The smallest absolute Gasteiger partial charge is 0.238 e. The van der Waals surface area contributed by atoms with Crippen LogP contribution in [0.2, 0.25) is 0 Å². The zero-order valence-electron chi connectivity index (χ0n) is 30.2. The summed E-state index contributed by atoms with van der Waals surface area (Å²) in [5.74, 6) is 1.85. The van der Waals surface area contributed by atoms with Crippen LogP contribution in [0, 0.1) is 0 Å². The van der Waals surface area contributed by atoms with E-state index in [1.807, 2.05) is 18.2 Å². The van der Waals surface area contributed by atoms with E-state index in [0.29, 0.717) is 17.6 Å². The van der Waals surface area contributed by atoms with Gasteiger partial charge in [0.15, 0.2) is 11.6 Å². The van der Waals surface area contributed by atoms with Crippen LogP contribution in [0.25, 0.3) is 93.6 Å². The lowest BCUT2D eigenvalue weighted by Gasteiger charge is -2.22. The summed E-state index contributed by atoms with van der Waals surface area (Å²) in [6, 6.07) is 57.5. The van der Waals surface area contributed by atoms with Crippen LogP contribution in [0.4, 0.5) is 0 Å². The van der Waals surface area contributed by atoms with Gasteiger partial charge in [0, 0.05) is 32.9 Å². The Bertz CT molecular complexity index is 3070. The predicted octanol–water partition coefficient (Wildman–Crippen LogP) is 12.6. The van der Waals surface area contributed by atoms with Gasteiger partial charge in [-0.15, -0.1) is 11.3 Å². The average molecular weight is 724 g/mol. The fraction of sp³-hybridized carbons (Fsp3) is 0.0612. The second-order valence-corrected chi connectivity index (χ2v) is 15.7. The Labute approximate surface area is 322 Å². The Morgan fingerprint density at radius 2 is 1.05 bits per heavy atom. The highest BCUT2D eigenvalue weighted by Gasteiger charge is 2.38. The number of rotatable bonds is 5. The lowest BCUT2D eigenvalue weighted by Crippen LogP contribution is -2.15. The summed E-state index contributed by atoms with van der Waals surface area (Å²) in [6.07, 6.45) is 0. The highest BCUT2D eigenvalue weighted by Crippen LogP contribution is 2.53. The summed E-state index contributed by atoms with van der Waals surface area (Å²) in [5.41, 5.74) is 13.6. The summed E-state index contributed by atoms with van der Waals surface area (Å²) >= 11 is 1.80. The highest BCUT2D eigenvalue weighted by atomic mass is 32.1. The molecular formula is C49H33N5S. The maximum absolute atomic E-state index is 5.20. The summed E-state index contributed by atoms with van der Waals surface area (Å²) in [5, 5.41) is 3.39. The lowest BCUT2D eigenvalue weighted by molar-refractivity contribution is 0.667. The number of fused-ring (bicyclic) bond motifs is 8. The molecule has 6 heteroatoms. The van der Waals surface area contributed by atoms with Gasteiger partial charge in [0.05, 0.1) is 21.3 Å². The third-order valence-electron chi connectivity index (χ3n) is 11.1. The molecule has 0 spiro atoms. The zero-order valence-corrected chi connectivity index (χ0v) is 31.0. The van der Waals surface area contributed by atoms with Gasteiger partial charge in [-0.3, -0.25) is 4.57 Å². The van der Waals surface area contributed by atoms with E-state index < -0.39 is 0 Å². The normalized spacial score (nSPS) is 13.1. The monoisotopic (exact) mass is 723 g/mol. The maximum Gasteiger partial charge on any atom is 0.238 e. The van der Waals surface area contributed by atoms with E-state index in [1.54, 1.807) is 11.3 Å². The van der Waals surface area contributed by atoms with Crippen molar-refractivity contribution in [2.45, 2.75) is 19.3 Å². The lowest BCUT2D eigenvalue weighted by atomic mass is 9.81. The summed E-state index contributed by atoms with van der Waals surface area (Å²) in [7, 11) is 0. The molecule has 10 aromatic rings. The van der Waals surface area contributed by atoms with Gasteiger partial charge in [-0.05, 0) is 63.7 Å². The van der Waals surface area contributed by atoms with Gasteiger partial charge in [-0.25, -0.2) is 9.97 Å². The number of thiazole rings is 1. The van der Waals surface area contributed by atoms with Crippen LogP contribution in [0.1, 0.15) is 25.0 Å². The van der Waals surface area contributed by atoms with Gasteiger partial charge >= 0.3 is 0 Å². The van der Waals surface area contributed by atoms with Crippen LogP contribution in [-0.4, -0.2) is 24.5 Å². The van der Waals surface area contributed by atoms with Crippen molar-refractivity contribution < 1.29 is 0 Å². The molecule has 0 fully saturated rings. The summed E-state index contributed by atoms with van der Waals surface area (Å²) in [6.45, 7) is 4.71. The number of nitrogens with zero attached hydrogens (tertiary/aromatic N) is 5. The fourth-order valence-corrected chi connectivity index (χ4v) is 9.71. The average Bonchev–Trinajstić information content (AvgIpc) is 3.90.